The number of nitrogens with zero attached hydrogens (tertiary/aromatic N) is 3. The average Bonchev–Trinajstić information content (AvgIpc) is 3.02. The lowest BCUT2D eigenvalue weighted by atomic mass is 10.2. The van der Waals surface area contributed by atoms with Gasteiger partial charge in [0.25, 0.3) is 0 Å². The van der Waals surface area contributed by atoms with Crippen molar-refractivity contribution in [1.29, 1.82) is 0 Å². The summed E-state index contributed by atoms with van der Waals surface area (Å²) in [6, 6.07) is 16.7. The Morgan fingerprint density at radius 2 is 1.45 bits per heavy atom. The van der Waals surface area contributed by atoms with Gasteiger partial charge in [0.1, 0.15) is 6.61 Å². The van der Waals surface area contributed by atoms with Gasteiger partial charge in [0, 0.05) is 44.3 Å². The Labute approximate surface area is 254 Å². The van der Waals surface area contributed by atoms with Crippen molar-refractivity contribution in [2.24, 2.45) is 0 Å². The third-order valence-corrected chi connectivity index (χ3v) is 9.35. The zero-order valence-electron chi connectivity index (χ0n) is 24.1. The van der Waals surface area contributed by atoms with Gasteiger partial charge in [0.2, 0.25) is 5.75 Å². The molecule has 1 saturated heterocycles. The molecule has 11 heteroatoms. The molecule has 0 aromatic heterocycles. The summed E-state index contributed by atoms with van der Waals surface area (Å²) in [6.45, 7) is 6.45. The minimum Gasteiger partial charge on any atom is -0.493 e. The van der Waals surface area contributed by atoms with E-state index >= 15 is 0 Å². The van der Waals surface area contributed by atoms with Crippen molar-refractivity contribution in [3.63, 3.8) is 0 Å². The Kier molecular flexibility index (Phi) is 9.89. The average molecular weight is 614 g/mol. The van der Waals surface area contributed by atoms with E-state index in [2.05, 4.69) is 14.7 Å². The molecule has 3 aromatic rings. The Morgan fingerprint density at radius 1 is 0.810 bits per heavy atom. The SMILES string of the molecule is COc1cc(C(=O)OCCN2CCN(CCCN3c4ccccc4S(=O)c4ccc(Cl)cc43)CC2)cc(OC)c1OC. The van der Waals surface area contributed by atoms with Gasteiger partial charge in [-0.3, -0.25) is 4.90 Å². The first-order valence-corrected chi connectivity index (χ1v) is 15.5. The van der Waals surface area contributed by atoms with E-state index in [4.69, 9.17) is 30.5 Å². The van der Waals surface area contributed by atoms with Gasteiger partial charge in [-0.25, -0.2) is 9.00 Å². The number of fused-ring (bicyclic) bond motifs is 2. The molecule has 9 nitrogen and oxygen atoms in total. The number of anilines is 2. The van der Waals surface area contributed by atoms with Gasteiger partial charge in [0.05, 0.1) is 58.9 Å². The molecule has 2 heterocycles. The summed E-state index contributed by atoms with van der Waals surface area (Å²) in [7, 11) is 3.32. The standard InChI is InChI=1S/C31H36ClN3O6S/c1-38-26-19-22(20-27(39-2)30(26)40-3)31(36)41-18-17-34-15-13-33(14-16-34)11-6-12-35-24-7-4-5-8-28(24)42(37)29-10-9-23(32)21-25(29)35/h4-5,7-10,19-21H,6,11-18H2,1-3H3. The van der Waals surface area contributed by atoms with Gasteiger partial charge in [-0.05, 0) is 55.4 Å². The topological polar surface area (TPSA) is 80.8 Å². The first-order chi connectivity index (χ1) is 20.4. The first kappa shape index (κ1) is 30.2. The predicted octanol–water partition coefficient (Wildman–Crippen LogP) is 4.85. The molecule has 1 atom stereocenters. The summed E-state index contributed by atoms with van der Waals surface area (Å²) >= 11 is 6.33. The lowest BCUT2D eigenvalue weighted by Crippen LogP contribution is -2.47. The number of esters is 1. The summed E-state index contributed by atoms with van der Waals surface area (Å²) in [5.74, 6) is 0.819. The second-order valence-electron chi connectivity index (χ2n) is 10.1. The van der Waals surface area contributed by atoms with E-state index in [1.807, 2.05) is 36.4 Å². The van der Waals surface area contributed by atoms with Crippen molar-refractivity contribution >= 4 is 39.7 Å². The molecule has 0 spiro atoms. The van der Waals surface area contributed by atoms with Crippen LogP contribution in [0.15, 0.2) is 64.4 Å². The maximum absolute atomic E-state index is 13.2. The number of methoxy groups -OCH3 is 3. The fraction of sp³-hybridized carbons (Fsp3) is 0.387. The normalized spacial score (nSPS) is 16.9. The van der Waals surface area contributed by atoms with E-state index < -0.39 is 16.8 Å². The van der Waals surface area contributed by atoms with Gasteiger partial charge in [-0.1, -0.05) is 23.7 Å². The summed E-state index contributed by atoms with van der Waals surface area (Å²) in [6.07, 6.45) is 0.958. The van der Waals surface area contributed by atoms with E-state index in [0.717, 1.165) is 66.9 Å². The number of rotatable bonds is 11. The van der Waals surface area contributed by atoms with Crippen LogP contribution in [0.1, 0.15) is 16.8 Å². The second-order valence-corrected chi connectivity index (χ2v) is 11.9. The van der Waals surface area contributed by atoms with Gasteiger partial charge < -0.3 is 28.7 Å². The highest BCUT2D eigenvalue weighted by atomic mass is 35.5. The van der Waals surface area contributed by atoms with Crippen LogP contribution in [0.25, 0.3) is 0 Å². The van der Waals surface area contributed by atoms with E-state index in [0.29, 0.717) is 41.0 Å². The van der Waals surface area contributed by atoms with Gasteiger partial charge in [-0.15, -0.1) is 0 Å². The molecule has 2 aliphatic heterocycles. The summed E-state index contributed by atoms with van der Waals surface area (Å²) in [4.78, 5) is 21.4. The Balaban J connectivity index is 1.08. The van der Waals surface area contributed by atoms with Crippen LogP contribution in [0.2, 0.25) is 5.02 Å². The highest BCUT2D eigenvalue weighted by molar-refractivity contribution is 7.85. The molecular weight excluding hydrogens is 578 g/mol. The first-order valence-electron chi connectivity index (χ1n) is 13.9. The monoisotopic (exact) mass is 613 g/mol. The highest BCUT2D eigenvalue weighted by Crippen LogP contribution is 2.43. The van der Waals surface area contributed by atoms with Gasteiger partial charge in [-0.2, -0.15) is 0 Å². The van der Waals surface area contributed by atoms with Crippen molar-refractivity contribution in [3.05, 3.63) is 65.2 Å². The van der Waals surface area contributed by atoms with Crippen molar-refractivity contribution in [3.8, 4) is 17.2 Å². The van der Waals surface area contributed by atoms with Crippen LogP contribution in [0, 0.1) is 0 Å². The van der Waals surface area contributed by atoms with Gasteiger partial charge in [0.15, 0.2) is 11.5 Å². The largest absolute Gasteiger partial charge is 0.493 e. The molecule has 0 radical (unpaired) electrons. The van der Waals surface area contributed by atoms with Crippen LogP contribution in [0.3, 0.4) is 0 Å². The molecular formula is C31H36ClN3O6S. The lowest BCUT2D eigenvalue weighted by Gasteiger charge is -2.36. The number of hydrogen-bond donors (Lipinski definition) is 0. The number of piperazine rings is 1. The van der Waals surface area contributed by atoms with E-state index in [1.165, 1.54) is 21.3 Å². The Bertz CT molecular complexity index is 1420. The molecule has 5 rings (SSSR count). The zero-order chi connectivity index (χ0) is 29.6. The van der Waals surface area contributed by atoms with Crippen molar-refractivity contribution in [2.45, 2.75) is 16.2 Å². The molecule has 1 unspecified atom stereocenters. The number of benzene rings is 3. The highest BCUT2D eigenvalue weighted by Gasteiger charge is 2.28. The summed E-state index contributed by atoms with van der Waals surface area (Å²) in [5, 5.41) is 0.639. The fourth-order valence-corrected chi connectivity index (χ4v) is 6.95. The van der Waals surface area contributed by atoms with Crippen LogP contribution >= 0.6 is 11.6 Å². The molecule has 0 amide bonds. The second kappa shape index (κ2) is 13.8. The zero-order valence-corrected chi connectivity index (χ0v) is 25.7. The molecule has 1 fully saturated rings. The number of carbonyl (C=O) groups is 1. The third kappa shape index (κ3) is 6.52. The van der Waals surface area contributed by atoms with Crippen molar-refractivity contribution < 1.29 is 28.0 Å². The molecule has 224 valence electrons. The predicted molar refractivity (Wildman–Crippen MR) is 163 cm³/mol. The smallest absolute Gasteiger partial charge is 0.338 e. The van der Waals surface area contributed by atoms with Crippen LogP contribution in [0.5, 0.6) is 17.2 Å². The van der Waals surface area contributed by atoms with E-state index in [-0.39, 0.29) is 0 Å². The van der Waals surface area contributed by atoms with E-state index in [9.17, 15) is 9.00 Å². The molecule has 42 heavy (non-hydrogen) atoms. The summed E-state index contributed by atoms with van der Waals surface area (Å²) < 4.78 is 34.7. The number of ether oxygens (including phenoxy) is 4. The quantitative estimate of drug-likeness (QED) is 0.282. The number of hydrogen-bond acceptors (Lipinski definition) is 9. The van der Waals surface area contributed by atoms with Gasteiger partial charge >= 0.3 is 5.97 Å². The van der Waals surface area contributed by atoms with Crippen molar-refractivity contribution in [2.75, 3.05) is 78.6 Å². The van der Waals surface area contributed by atoms with Crippen molar-refractivity contribution in [1.82, 2.24) is 9.80 Å². The Hall–Kier alpha value is -3.31. The maximum atomic E-state index is 13.2. The third-order valence-electron chi connectivity index (χ3n) is 7.63. The van der Waals surface area contributed by atoms with Crippen LogP contribution < -0.4 is 19.1 Å². The number of halogens is 1. The number of carbonyl (C=O) groups excluding carboxylic acids is 1. The summed E-state index contributed by atoms with van der Waals surface area (Å²) in [5.41, 5.74) is 2.25. The molecule has 2 aliphatic rings. The molecule has 0 saturated carbocycles. The molecule has 0 aliphatic carbocycles. The minimum atomic E-state index is -1.22. The van der Waals surface area contributed by atoms with Crippen LogP contribution in [-0.4, -0.2) is 93.7 Å². The molecule has 0 bridgehead atoms. The van der Waals surface area contributed by atoms with Crippen LogP contribution in [-0.2, 0) is 15.5 Å². The van der Waals surface area contributed by atoms with E-state index in [1.54, 1.807) is 18.2 Å². The maximum Gasteiger partial charge on any atom is 0.338 e. The minimum absolute atomic E-state index is 0.299. The fourth-order valence-electron chi connectivity index (χ4n) is 5.42. The molecule has 0 N–H and O–H groups in total. The Morgan fingerprint density at radius 3 is 2.12 bits per heavy atom. The van der Waals surface area contributed by atoms with Crippen LogP contribution in [0.4, 0.5) is 11.4 Å². The lowest BCUT2D eigenvalue weighted by molar-refractivity contribution is 0.0422. The number of para-hydroxylation sites is 1. The molecule has 3 aromatic carbocycles.